The van der Waals surface area contributed by atoms with Crippen LogP contribution in [0.2, 0.25) is 0 Å². The number of rotatable bonds is 0. The van der Waals surface area contributed by atoms with Gasteiger partial charge in [0.25, 0.3) is 0 Å². The summed E-state index contributed by atoms with van der Waals surface area (Å²) in [6, 6.07) is 0. The van der Waals surface area contributed by atoms with E-state index in [-0.39, 0.29) is 0 Å². The highest BCUT2D eigenvalue weighted by molar-refractivity contribution is 5.73. The van der Waals surface area contributed by atoms with E-state index in [1.807, 2.05) is 0 Å². The number of hydrogen-bond acceptors (Lipinski definition) is 5. The van der Waals surface area contributed by atoms with Gasteiger partial charge in [0.15, 0.2) is 0 Å². The fourth-order valence-electron chi connectivity index (χ4n) is 0.801. The lowest BCUT2D eigenvalue weighted by Crippen LogP contribution is -2.21. The number of hydrogen-bond donors (Lipinski definition) is 2. The molecule has 0 unspecified atom stereocenters. The summed E-state index contributed by atoms with van der Waals surface area (Å²) in [4.78, 5) is 33.1. The van der Waals surface area contributed by atoms with Crippen molar-refractivity contribution < 1.29 is 23.1 Å². The third-order valence-corrected chi connectivity index (χ3v) is 1.53. The van der Waals surface area contributed by atoms with Crippen molar-refractivity contribution >= 4 is 17.0 Å². The lowest BCUT2D eigenvalue weighted by Gasteiger charge is -1.93. The van der Waals surface area contributed by atoms with Crippen LogP contribution in [0.15, 0.2) is 23.5 Å². The van der Waals surface area contributed by atoms with Crippen molar-refractivity contribution in [2.24, 2.45) is 0 Å². The van der Waals surface area contributed by atoms with Crippen LogP contribution in [0.4, 0.5) is 13.2 Å². The van der Waals surface area contributed by atoms with Gasteiger partial charge < -0.3 is 5.11 Å². The zero-order chi connectivity index (χ0) is 13.8. The van der Waals surface area contributed by atoms with Crippen LogP contribution in [0.1, 0.15) is 0 Å². The van der Waals surface area contributed by atoms with E-state index in [1.54, 1.807) is 6.20 Å². The predicted octanol–water partition coefficient (Wildman–Crippen LogP) is 0.346. The molecule has 2 N–H and O–H groups in total. The molecule has 0 aliphatic carbocycles. The average molecular weight is 262 g/mol. The Morgan fingerprint density at radius 2 is 1.89 bits per heavy atom. The van der Waals surface area contributed by atoms with Crippen LogP contribution in [-0.2, 0) is 4.79 Å². The number of fused-ring (bicyclic) bond motifs is 1. The molecule has 0 saturated heterocycles. The molecule has 18 heavy (non-hydrogen) atoms. The summed E-state index contributed by atoms with van der Waals surface area (Å²) in [5.74, 6) is -2.76. The molecule has 96 valence electrons. The molecule has 0 radical (unpaired) electrons. The van der Waals surface area contributed by atoms with Gasteiger partial charge in [0.2, 0.25) is 0 Å². The fourth-order valence-corrected chi connectivity index (χ4v) is 0.801. The Labute approximate surface area is 96.3 Å². The molecule has 2 aromatic rings. The number of H-pyrrole nitrogens is 1. The van der Waals surface area contributed by atoms with Crippen molar-refractivity contribution in [3.63, 3.8) is 0 Å². The normalized spacial score (nSPS) is 10.6. The first-order chi connectivity index (χ1) is 8.30. The van der Waals surface area contributed by atoms with E-state index >= 15 is 0 Å². The first-order valence-electron chi connectivity index (χ1n) is 4.26. The number of nitrogens with zero attached hydrogens (tertiary/aromatic N) is 3. The smallest absolute Gasteiger partial charge is 0.475 e. The molecule has 0 bridgehead atoms. The van der Waals surface area contributed by atoms with E-state index in [2.05, 4.69) is 19.9 Å². The molecule has 2 aromatic heterocycles. The predicted molar refractivity (Wildman–Crippen MR) is 51.6 cm³/mol. The number of aliphatic carboxylic acids is 1. The van der Waals surface area contributed by atoms with Crippen LogP contribution < -0.4 is 5.69 Å². The van der Waals surface area contributed by atoms with Gasteiger partial charge in [-0.1, -0.05) is 0 Å². The summed E-state index contributed by atoms with van der Waals surface area (Å²) >= 11 is 0. The summed E-state index contributed by atoms with van der Waals surface area (Å²) in [5, 5.41) is 7.85. The summed E-state index contributed by atoms with van der Waals surface area (Å²) in [6.07, 6.45) is -0.683. The summed E-state index contributed by atoms with van der Waals surface area (Å²) in [5.41, 5.74) is 0.121. The van der Waals surface area contributed by atoms with Crippen molar-refractivity contribution in [1.29, 1.82) is 0 Å². The molecule has 7 nitrogen and oxygen atoms in total. The molecule has 0 aromatic carbocycles. The Balaban J connectivity index is 0.000000203. The van der Waals surface area contributed by atoms with Gasteiger partial charge in [0.1, 0.15) is 12.0 Å². The van der Waals surface area contributed by atoms with E-state index < -0.39 is 17.8 Å². The Kier molecular flexibility index (Phi) is 3.92. The van der Waals surface area contributed by atoms with E-state index in [0.717, 1.165) is 5.39 Å². The second kappa shape index (κ2) is 5.21. The minimum absolute atomic E-state index is 0.392. The fraction of sp³-hybridized carbons (Fsp3) is 0.125. The maximum atomic E-state index is 10.7. The van der Waals surface area contributed by atoms with Gasteiger partial charge in [-0.2, -0.15) is 13.2 Å². The van der Waals surface area contributed by atoms with Crippen LogP contribution in [-0.4, -0.2) is 37.2 Å². The van der Waals surface area contributed by atoms with Crippen LogP contribution in [0, 0.1) is 0 Å². The highest BCUT2D eigenvalue weighted by atomic mass is 19.4. The molecule has 0 spiro atoms. The molecule has 2 heterocycles. The molecule has 0 aliphatic heterocycles. The topological polar surface area (TPSA) is 109 Å². The van der Waals surface area contributed by atoms with Crippen molar-refractivity contribution in [3.05, 3.63) is 29.2 Å². The maximum Gasteiger partial charge on any atom is 0.490 e. The van der Waals surface area contributed by atoms with Gasteiger partial charge in [-0.25, -0.2) is 24.5 Å². The highest BCUT2D eigenvalue weighted by Gasteiger charge is 2.38. The first-order valence-corrected chi connectivity index (χ1v) is 4.26. The minimum atomic E-state index is -5.08. The van der Waals surface area contributed by atoms with Gasteiger partial charge in [-0.05, 0) is 0 Å². The third-order valence-electron chi connectivity index (χ3n) is 1.53. The molecule has 0 aliphatic rings. The van der Waals surface area contributed by atoms with E-state index in [0.29, 0.717) is 5.65 Å². The number of carboxylic acids is 1. The molecular formula is C8H5F3N4O3. The summed E-state index contributed by atoms with van der Waals surface area (Å²) in [6.45, 7) is 0. The molecule has 0 fully saturated rings. The lowest BCUT2D eigenvalue weighted by atomic mass is 10.4. The number of aromatic amines is 1. The van der Waals surface area contributed by atoms with E-state index in [9.17, 15) is 18.0 Å². The molecule has 0 saturated carbocycles. The average Bonchev–Trinajstić information content (AvgIpc) is 2.28. The monoisotopic (exact) mass is 262 g/mol. The van der Waals surface area contributed by atoms with Gasteiger partial charge >= 0.3 is 17.8 Å². The Hall–Kier alpha value is -2.52. The quantitative estimate of drug-likeness (QED) is 0.708. The second-order valence-electron chi connectivity index (χ2n) is 2.82. The second-order valence-corrected chi connectivity index (χ2v) is 2.82. The van der Waals surface area contributed by atoms with Gasteiger partial charge in [-0.15, -0.1) is 0 Å². The maximum absolute atomic E-state index is 10.7. The number of halogens is 3. The third kappa shape index (κ3) is 3.81. The summed E-state index contributed by atoms with van der Waals surface area (Å²) in [7, 11) is 0. The van der Waals surface area contributed by atoms with Crippen LogP contribution >= 0.6 is 0 Å². The molecule has 10 heteroatoms. The number of nitrogens with one attached hydrogen (secondary N) is 1. The van der Waals surface area contributed by atoms with Crippen LogP contribution in [0.3, 0.4) is 0 Å². The molecule has 2 rings (SSSR count). The zero-order valence-electron chi connectivity index (χ0n) is 8.47. The molecule has 0 amide bonds. The van der Waals surface area contributed by atoms with Crippen molar-refractivity contribution in [1.82, 2.24) is 19.9 Å². The first kappa shape index (κ1) is 13.5. The Morgan fingerprint density at radius 1 is 1.28 bits per heavy atom. The molecule has 0 atom stereocenters. The minimum Gasteiger partial charge on any atom is -0.475 e. The zero-order valence-corrected chi connectivity index (χ0v) is 8.47. The Morgan fingerprint density at radius 3 is 2.44 bits per heavy atom. The standard InChI is InChI=1S/C6H4N4O.C2HF3O2/c11-6-8-2-4-1-7-3-9-5(4)10-6;3-2(4,5)1(6)7/h1-3H,(H,7,8,9,10,11);(H,6,7). The van der Waals surface area contributed by atoms with Crippen molar-refractivity contribution in [3.8, 4) is 0 Å². The largest absolute Gasteiger partial charge is 0.490 e. The number of carbonyl (C=O) groups is 1. The lowest BCUT2D eigenvalue weighted by molar-refractivity contribution is -0.192. The van der Waals surface area contributed by atoms with Crippen molar-refractivity contribution in [2.75, 3.05) is 0 Å². The summed E-state index contributed by atoms with van der Waals surface area (Å²) < 4.78 is 31.7. The SMILES string of the molecule is O=C(O)C(F)(F)F.O=c1ncc2cncnc2[nH]1. The van der Waals surface area contributed by atoms with Gasteiger partial charge in [0, 0.05) is 12.4 Å². The van der Waals surface area contributed by atoms with Crippen LogP contribution in [0.25, 0.3) is 11.0 Å². The van der Waals surface area contributed by atoms with Crippen molar-refractivity contribution in [2.45, 2.75) is 6.18 Å². The number of carboxylic acid groups (broad SMARTS) is 1. The van der Waals surface area contributed by atoms with E-state index in [1.165, 1.54) is 12.5 Å². The highest BCUT2D eigenvalue weighted by Crippen LogP contribution is 2.13. The van der Waals surface area contributed by atoms with Crippen LogP contribution in [0.5, 0.6) is 0 Å². The van der Waals surface area contributed by atoms with Gasteiger partial charge in [-0.3, -0.25) is 4.98 Å². The Bertz CT molecular complexity index is 610. The number of alkyl halides is 3. The molecular weight excluding hydrogens is 257 g/mol. The number of aromatic nitrogens is 4. The van der Waals surface area contributed by atoms with Gasteiger partial charge in [0.05, 0.1) is 5.39 Å². The van der Waals surface area contributed by atoms with E-state index in [4.69, 9.17) is 9.90 Å².